The predicted molar refractivity (Wildman–Crippen MR) is 310 cm³/mol. The van der Waals surface area contributed by atoms with E-state index in [0.29, 0.717) is 0 Å². The lowest BCUT2D eigenvalue weighted by Crippen LogP contribution is -2.39. The van der Waals surface area contributed by atoms with E-state index >= 15 is 0 Å². The molecule has 2 atom stereocenters. The average molecular weight is 939 g/mol. The van der Waals surface area contributed by atoms with Gasteiger partial charge in [0, 0.05) is 18.3 Å². The Balaban J connectivity index is 1.20. The summed E-state index contributed by atoms with van der Waals surface area (Å²) in [6.07, 6.45) is -0.110. The van der Waals surface area contributed by atoms with Gasteiger partial charge >= 0.3 is 0 Å². The van der Waals surface area contributed by atoms with Crippen LogP contribution in [0, 0.1) is 0 Å². The van der Waals surface area contributed by atoms with Crippen LogP contribution in [0.4, 0.5) is 5.69 Å². The fourth-order valence-electron chi connectivity index (χ4n) is 10.5. The summed E-state index contributed by atoms with van der Waals surface area (Å²) >= 11 is 0. The van der Waals surface area contributed by atoms with Gasteiger partial charge in [-0.1, -0.05) is 231 Å². The molecule has 0 aromatic heterocycles. The van der Waals surface area contributed by atoms with Gasteiger partial charge in [-0.3, -0.25) is 5.32 Å². The predicted octanol–water partition coefficient (Wildman–Crippen LogP) is 18.9. The second kappa shape index (κ2) is 21.7. The van der Waals surface area contributed by atoms with Crippen molar-refractivity contribution < 1.29 is 0 Å². The first-order chi connectivity index (χ1) is 36.1. The zero-order valence-electron chi connectivity index (χ0n) is 41.4. The summed E-state index contributed by atoms with van der Waals surface area (Å²) in [4.78, 5) is 2.47. The zero-order valence-corrected chi connectivity index (χ0v) is 41.4. The first-order valence-corrected chi connectivity index (χ1v) is 25.6. The number of hydrogen-bond acceptors (Lipinski definition) is 2. The van der Waals surface area contributed by atoms with Gasteiger partial charge in [-0.15, -0.1) is 0 Å². The first-order valence-electron chi connectivity index (χ1n) is 25.6. The number of nitrogens with zero attached hydrogens (tertiary/aromatic N) is 1. The van der Waals surface area contributed by atoms with Gasteiger partial charge in [-0.05, 0) is 169 Å². The summed E-state index contributed by atoms with van der Waals surface area (Å²) in [5.41, 5.74) is 22.4. The lowest BCUT2D eigenvalue weighted by molar-refractivity contribution is 0.449. The second-order valence-electron chi connectivity index (χ2n) is 18.8. The third-order valence-corrected chi connectivity index (χ3v) is 14.1. The molecule has 352 valence electrons. The Morgan fingerprint density at radius 2 is 0.616 bits per heavy atom. The van der Waals surface area contributed by atoms with Crippen molar-refractivity contribution in [2.75, 3.05) is 11.4 Å². The number of nitrogens with one attached hydrogen (secondary N) is 1. The molecule has 0 spiro atoms. The summed E-state index contributed by atoms with van der Waals surface area (Å²) in [6, 6.07) is 104. The Morgan fingerprint density at radius 3 is 1.03 bits per heavy atom. The molecule has 2 unspecified atom stereocenters. The molecule has 0 radical (unpaired) electrons. The van der Waals surface area contributed by atoms with Crippen molar-refractivity contribution in [2.45, 2.75) is 26.1 Å². The molecular formula is C71H58N2. The highest BCUT2D eigenvalue weighted by atomic mass is 15.3. The molecule has 11 rings (SSSR count). The molecule has 0 heterocycles. The third kappa shape index (κ3) is 10.1. The van der Waals surface area contributed by atoms with Crippen LogP contribution in [0.1, 0.15) is 37.2 Å². The van der Waals surface area contributed by atoms with Crippen LogP contribution >= 0.6 is 0 Å². The van der Waals surface area contributed by atoms with Crippen LogP contribution in [0.3, 0.4) is 0 Å². The minimum Gasteiger partial charge on any atom is -0.352 e. The monoisotopic (exact) mass is 938 g/mol. The van der Waals surface area contributed by atoms with E-state index in [2.05, 4.69) is 309 Å². The molecule has 0 saturated carbocycles. The number of rotatable bonds is 15. The normalized spacial score (nSPS) is 12.0. The summed E-state index contributed by atoms with van der Waals surface area (Å²) in [5, 5.41) is 4.21. The van der Waals surface area contributed by atoms with Crippen molar-refractivity contribution in [3.8, 4) is 89.0 Å². The standard InChI is InChI=1S/C71H58N2/c1-3-73(64-42-26-11-27-43-64)71(58-40-24-10-25-41-58)72-51(2)59-44-60(62-49-66(54-32-16-6-17-33-54)69(56-36-20-8-21-37-56)67(50-62)55-34-18-7-19-35-55)46-63(45-59)68-48-61(52-28-12-4-13-29-52)47-65(53-30-14-5-15-31-53)70(68)57-38-22-9-23-39-57/h4-51,71-72H,3H2,1-2H3. The molecule has 11 aromatic carbocycles. The molecule has 0 fully saturated rings. The SMILES string of the molecule is CCN(c1ccccc1)C(NC(C)c1cc(-c2cc(-c3ccccc3)c(-c3ccccc3)c(-c3ccccc3)c2)cc(-c2cc(-c3ccccc3)cc(-c3ccccc3)c2-c2ccccc2)c1)c1ccccc1. The Bertz CT molecular complexity index is 3490. The second-order valence-corrected chi connectivity index (χ2v) is 18.8. The highest BCUT2D eigenvalue weighted by Gasteiger charge is 2.25. The molecule has 0 amide bonds. The van der Waals surface area contributed by atoms with Crippen molar-refractivity contribution in [1.29, 1.82) is 0 Å². The maximum atomic E-state index is 4.21. The van der Waals surface area contributed by atoms with Crippen LogP contribution in [-0.4, -0.2) is 6.54 Å². The van der Waals surface area contributed by atoms with Crippen molar-refractivity contribution >= 4 is 5.69 Å². The molecule has 2 nitrogen and oxygen atoms in total. The fraction of sp³-hybridized carbons (Fsp3) is 0.0704. The van der Waals surface area contributed by atoms with Crippen LogP contribution in [0.25, 0.3) is 89.0 Å². The molecule has 1 N–H and O–H groups in total. The van der Waals surface area contributed by atoms with Gasteiger partial charge in [0.15, 0.2) is 0 Å². The van der Waals surface area contributed by atoms with E-state index < -0.39 is 0 Å². The lowest BCUT2D eigenvalue weighted by Gasteiger charge is -2.36. The Hall–Kier alpha value is -8.82. The van der Waals surface area contributed by atoms with Gasteiger partial charge in [0.1, 0.15) is 6.17 Å². The van der Waals surface area contributed by atoms with Crippen molar-refractivity contribution in [3.63, 3.8) is 0 Å². The van der Waals surface area contributed by atoms with E-state index in [1.165, 1.54) is 89.1 Å². The van der Waals surface area contributed by atoms with E-state index in [4.69, 9.17) is 0 Å². The summed E-state index contributed by atoms with van der Waals surface area (Å²) < 4.78 is 0. The number of hydrogen-bond donors (Lipinski definition) is 1. The van der Waals surface area contributed by atoms with Gasteiger partial charge in [-0.25, -0.2) is 0 Å². The lowest BCUT2D eigenvalue weighted by atomic mass is 9.82. The maximum absolute atomic E-state index is 4.21. The van der Waals surface area contributed by atoms with Crippen LogP contribution in [0.5, 0.6) is 0 Å². The molecule has 0 bridgehead atoms. The zero-order chi connectivity index (χ0) is 49.3. The van der Waals surface area contributed by atoms with Gasteiger partial charge in [0.25, 0.3) is 0 Å². The number of para-hydroxylation sites is 1. The number of benzene rings is 11. The Morgan fingerprint density at radius 1 is 0.301 bits per heavy atom. The van der Waals surface area contributed by atoms with Crippen molar-refractivity contribution in [1.82, 2.24) is 5.32 Å². The molecule has 73 heavy (non-hydrogen) atoms. The highest BCUT2D eigenvalue weighted by molar-refractivity contribution is 6.00. The molecular weight excluding hydrogens is 881 g/mol. The van der Waals surface area contributed by atoms with Crippen molar-refractivity contribution in [2.24, 2.45) is 0 Å². The van der Waals surface area contributed by atoms with E-state index in [-0.39, 0.29) is 12.2 Å². The Kier molecular flexibility index (Phi) is 13.8. The van der Waals surface area contributed by atoms with Crippen LogP contribution in [0.15, 0.2) is 285 Å². The van der Waals surface area contributed by atoms with Crippen LogP contribution in [0.2, 0.25) is 0 Å². The van der Waals surface area contributed by atoms with E-state index in [1.807, 2.05) is 0 Å². The average Bonchev–Trinajstić information content (AvgIpc) is 3.48. The highest BCUT2D eigenvalue weighted by Crippen LogP contribution is 2.47. The molecule has 2 heteroatoms. The minimum absolute atomic E-state index is 0.0847. The topological polar surface area (TPSA) is 15.3 Å². The van der Waals surface area contributed by atoms with E-state index in [1.54, 1.807) is 0 Å². The van der Waals surface area contributed by atoms with Gasteiger partial charge in [0.05, 0.1) is 0 Å². The van der Waals surface area contributed by atoms with E-state index in [0.717, 1.165) is 23.2 Å². The first kappa shape index (κ1) is 46.6. The quantitative estimate of drug-likeness (QED) is 0.103. The largest absolute Gasteiger partial charge is 0.352 e. The van der Waals surface area contributed by atoms with Crippen LogP contribution < -0.4 is 10.2 Å². The number of anilines is 1. The molecule has 0 aliphatic heterocycles. The Labute approximate surface area is 431 Å². The van der Waals surface area contributed by atoms with E-state index in [9.17, 15) is 0 Å². The van der Waals surface area contributed by atoms with Crippen LogP contribution in [-0.2, 0) is 0 Å². The summed E-state index contributed by atoms with van der Waals surface area (Å²) in [6.45, 7) is 5.40. The smallest absolute Gasteiger partial charge is 0.106 e. The van der Waals surface area contributed by atoms with Crippen molar-refractivity contribution in [3.05, 3.63) is 296 Å². The third-order valence-electron chi connectivity index (χ3n) is 14.1. The molecule has 0 aliphatic carbocycles. The van der Waals surface area contributed by atoms with Gasteiger partial charge < -0.3 is 4.90 Å². The fourth-order valence-corrected chi connectivity index (χ4v) is 10.5. The minimum atomic E-state index is -0.110. The molecule has 11 aromatic rings. The molecule has 0 aliphatic rings. The maximum Gasteiger partial charge on any atom is 0.106 e. The summed E-state index contributed by atoms with van der Waals surface area (Å²) in [5.74, 6) is 0. The summed E-state index contributed by atoms with van der Waals surface area (Å²) in [7, 11) is 0. The van der Waals surface area contributed by atoms with Gasteiger partial charge in [-0.2, -0.15) is 0 Å². The van der Waals surface area contributed by atoms with Gasteiger partial charge in [0.2, 0.25) is 0 Å². The molecule has 0 saturated heterocycles.